The molecule has 3 N–H and O–H groups in total. The molecule has 0 fully saturated rings. The van der Waals surface area contributed by atoms with Crippen LogP contribution < -0.4 is 10.6 Å². The quantitative estimate of drug-likeness (QED) is 0.141. The molecule has 0 aliphatic heterocycles. The Bertz CT molecular complexity index is 1300. The van der Waals surface area contributed by atoms with Gasteiger partial charge in [0.2, 0.25) is 5.95 Å². The lowest BCUT2D eigenvalue weighted by Crippen LogP contribution is -2.13. The number of nitrogens with one attached hydrogen (secondary N) is 2. The van der Waals surface area contributed by atoms with Crippen LogP contribution in [-0.2, 0) is 13.0 Å². The van der Waals surface area contributed by atoms with E-state index in [0.29, 0.717) is 24.8 Å². The Morgan fingerprint density at radius 3 is 2.54 bits per heavy atom. The number of terminal acetylenes is 2. The number of hydrogen-bond donors (Lipinski definition) is 3. The second-order valence-electron chi connectivity index (χ2n) is 9.14. The minimum Gasteiger partial charge on any atom is -0.396 e. The Morgan fingerprint density at radius 2 is 1.90 bits per heavy atom. The second-order valence-corrected chi connectivity index (χ2v) is 10.2. The fourth-order valence-electron chi connectivity index (χ4n) is 4.10. The van der Waals surface area contributed by atoms with Crippen molar-refractivity contribution in [3.8, 4) is 35.8 Å². The standard InChI is InChI=1S/C29H38N6OS.C2H2/c1-7-12-24-26(21(5)30-6)34-28(37-24)25-20(4)33-29(32-17-23-15-10-9-13-19(23)3)35-27(25)31-16-11-14-22(8-2)18-36;1-2/h1,9-10,13,15,22,36H,8,11-12,14,16-18H2,2-6H3,(H2,31,32,33,35);1-2H/t22-;/m0./s1. The van der Waals surface area contributed by atoms with E-state index in [2.05, 4.69) is 60.4 Å². The van der Waals surface area contributed by atoms with Crippen molar-refractivity contribution in [2.45, 2.75) is 59.9 Å². The topological polar surface area (TPSA) is 95.3 Å². The van der Waals surface area contributed by atoms with Crippen molar-refractivity contribution in [3.05, 3.63) is 51.7 Å². The van der Waals surface area contributed by atoms with Gasteiger partial charge in [0.1, 0.15) is 10.8 Å². The first-order valence-electron chi connectivity index (χ1n) is 13.1. The predicted molar refractivity (Wildman–Crippen MR) is 166 cm³/mol. The van der Waals surface area contributed by atoms with Crippen LogP contribution in [0, 0.1) is 45.0 Å². The largest absolute Gasteiger partial charge is 0.396 e. The van der Waals surface area contributed by atoms with E-state index in [1.165, 1.54) is 11.1 Å². The van der Waals surface area contributed by atoms with Crippen molar-refractivity contribution in [2.24, 2.45) is 10.9 Å². The van der Waals surface area contributed by atoms with Crippen molar-refractivity contribution in [1.29, 1.82) is 0 Å². The summed E-state index contributed by atoms with van der Waals surface area (Å²) in [7, 11) is 1.76. The fourth-order valence-corrected chi connectivity index (χ4v) is 5.26. The number of anilines is 2. The van der Waals surface area contributed by atoms with Gasteiger partial charge in [-0.3, -0.25) is 4.99 Å². The van der Waals surface area contributed by atoms with Crippen LogP contribution in [0.4, 0.5) is 11.8 Å². The van der Waals surface area contributed by atoms with E-state index in [4.69, 9.17) is 21.4 Å². The molecule has 1 aromatic carbocycles. The minimum absolute atomic E-state index is 0.222. The van der Waals surface area contributed by atoms with E-state index < -0.39 is 0 Å². The summed E-state index contributed by atoms with van der Waals surface area (Å²) in [5.41, 5.74) is 5.84. The number of thiazole rings is 1. The number of hydrogen-bond acceptors (Lipinski definition) is 8. The van der Waals surface area contributed by atoms with Crippen LogP contribution in [0.15, 0.2) is 29.3 Å². The maximum absolute atomic E-state index is 9.54. The number of aromatic nitrogens is 3. The van der Waals surface area contributed by atoms with Gasteiger partial charge in [0.05, 0.1) is 22.7 Å². The van der Waals surface area contributed by atoms with Crippen LogP contribution in [0.2, 0.25) is 0 Å². The molecule has 0 unspecified atom stereocenters. The summed E-state index contributed by atoms with van der Waals surface area (Å²) in [6.45, 7) is 9.75. The van der Waals surface area contributed by atoms with Crippen LogP contribution in [-0.4, -0.2) is 46.0 Å². The van der Waals surface area contributed by atoms with Crippen molar-refractivity contribution in [2.75, 3.05) is 30.8 Å². The number of benzene rings is 1. The summed E-state index contributed by atoms with van der Waals surface area (Å²) in [5, 5.41) is 17.3. The molecule has 0 bridgehead atoms. The average molecular weight is 545 g/mol. The number of nitrogens with zero attached hydrogens (tertiary/aromatic N) is 4. The van der Waals surface area contributed by atoms with E-state index in [0.717, 1.165) is 64.2 Å². The Kier molecular flexibility index (Phi) is 13.2. The van der Waals surface area contributed by atoms with Crippen LogP contribution in [0.3, 0.4) is 0 Å². The van der Waals surface area contributed by atoms with Gasteiger partial charge in [0.25, 0.3) is 0 Å². The highest BCUT2D eigenvalue weighted by molar-refractivity contribution is 7.15. The van der Waals surface area contributed by atoms with Gasteiger partial charge in [-0.15, -0.1) is 36.5 Å². The van der Waals surface area contributed by atoms with Crippen molar-refractivity contribution < 1.29 is 5.11 Å². The third-order valence-electron chi connectivity index (χ3n) is 6.56. The Hall–Kier alpha value is -3.72. The smallest absolute Gasteiger partial charge is 0.225 e. The van der Waals surface area contributed by atoms with E-state index in [1.54, 1.807) is 18.4 Å². The molecule has 0 radical (unpaired) electrons. The fraction of sp³-hybridized carbons (Fsp3) is 0.419. The van der Waals surface area contributed by atoms with Crippen molar-refractivity contribution in [3.63, 3.8) is 0 Å². The Balaban J connectivity index is 0.00000260. The highest BCUT2D eigenvalue weighted by Gasteiger charge is 2.21. The normalized spacial score (nSPS) is 11.7. The van der Waals surface area contributed by atoms with Crippen LogP contribution in [0.25, 0.3) is 10.6 Å². The molecule has 2 aromatic heterocycles. The lowest BCUT2D eigenvalue weighted by Gasteiger charge is -2.16. The summed E-state index contributed by atoms with van der Waals surface area (Å²) >= 11 is 1.57. The monoisotopic (exact) mass is 544 g/mol. The zero-order valence-corrected chi connectivity index (χ0v) is 24.5. The highest BCUT2D eigenvalue weighted by Crippen LogP contribution is 2.35. The summed E-state index contributed by atoms with van der Waals surface area (Å²) in [6, 6.07) is 8.29. The SMILES string of the molecule is C#C.C#CCc1sc(-c2c(C)nc(NCc3ccccc3C)nc2NCCC[C@H](CC)CO)nc1C(C)=NC. The minimum atomic E-state index is 0.222. The van der Waals surface area contributed by atoms with E-state index in [9.17, 15) is 5.11 Å². The predicted octanol–water partition coefficient (Wildman–Crippen LogP) is 5.90. The first-order chi connectivity index (χ1) is 18.9. The molecule has 8 heteroatoms. The average Bonchev–Trinajstić information content (AvgIpc) is 3.36. The van der Waals surface area contributed by atoms with Gasteiger partial charge in [-0.1, -0.05) is 37.6 Å². The molecule has 206 valence electrons. The van der Waals surface area contributed by atoms with Gasteiger partial charge >= 0.3 is 0 Å². The summed E-state index contributed by atoms with van der Waals surface area (Å²) in [5.74, 6) is 4.38. The maximum atomic E-state index is 9.54. The lowest BCUT2D eigenvalue weighted by molar-refractivity contribution is 0.213. The number of aliphatic imine (C=N–C) groups is 1. The van der Waals surface area contributed by atoms with Crippen LogP contribution in [0.5, 0.6) is 0 Å². The first kappa shape index (κ1) is 31.5. The van der Waals surface area contributed by atoms with Gasteiger partial charge in [-0.2, -0.15) is 4.98 Å². The van der Waals surface area contributed by atoms with E-state index in [1.807, 2.05) is 26.0 Å². The molecule has 2 heterocycles. The molecule has 3 aromatic rings. The maximum Gasteiger partial charge on any atom is 0.225 e. The van der Waals surface area contributed by atoms with E-state index >= 15 is 0 Å². The molecule has 0 aliphatic carbocycles. The number of aliphatic hydroxyl groups excluding tert-OH is 1. The molecule has 0 saturated carbocycles. The molecule has 0 aliphatic rings. The molecular formula is C31H40N6OS. The van der Waals surface area contributed by atoms with Crippen molar-refractivity contribution in [1.82, 2.24) is 15.0 Å². The molecule has 0 amide bonds. The van der Waals surface area contributed by atoms with Gasteiger partial charge < -0.3 is 15.7 Å². The molecule has 1 atom stereocenters. The first-order valence-corrected chi connectivity index (χ1v) is 14.0. The zero-order chi connectivity index (χ0) is 28.8. The molecule has 0 spiro atoms. The Morgan fingerprint density at radius 1 is 1.15 bits per heavy atom. The lowest BCUT2D eigenvalue weighted by atomic mass is 10.0. The summed E-state index contributed by atoms with van der Waals surface area (Å²) in [6.07, 6.45) is 17.0. The molecule has 0 saturated heterocycles. The second kappa shape index (κ2) is 16.3. The molecule has 39 heavy (non-hydrogen) atoms. The number of aliphatic hydroxyl groups is 1. The summed E-state index contributed by atoms with van der Waals surface area (Å²) in [4.78, 5) is 19.9. The molecule has 3 rings (SSSR count). The van der Waals surface area contributed by atoms with Crippen molar-refractivity contribution >= 4 is 28.8 Å². The number of aryl methyl sites for hydroxylation is 2. The molecule has 7 nitrogen and oxygen atoms in total. The highest BCUT2D eigenvalue weighted by atomic mass is 32.1. The van der Waals surface area contributed by atoms with Crippen LogP contribution in [0.1, 0.15) is 60.5 Å². The Labute approximate surface area is 237 Å². The van der Waals surface area contributed by atoms with Gasteiger partial charge in [0, 0.05) is 38.0 Å². The van der Waals surface area contributed by atoms with Crippen LogP contribution >= 0.6 is 11.3 Å². The third-order valence-corrected chi connectivity index (χ3v) is 7.63. The zero-order valence-electron chi connectivity index (χ0n) is 23.7. The number of rotatable bonds is 13. The van der Waals surface area contributed by atoms with Gasteiger partial charge in [-0.05, 0) is 50.7 Å². The third kappa shape index (κ3) is 8.64. The van der Waals surface area contributed by atoms with E-state index in [-0.39, 0.29) is 6.61 Å². The van der Waals surface area contributed by atoms with Gasteiger partial charge in [-0.25, -0.2) is 9.97 Å². The van der Waals surface area contributed by atoms with Gasteiger partial charge in [0.15, 0.2) is 0 Å². The summed E-state index contributed by atoms with van der Waals surface area (Å²) < 4.78 is 0. The molecular weight excluding hydrogens is 504 g/mol.